The minimum Gasteiger partial charge on any atom is -0.490 e. The second-order valence-electron chi connectivity index (χ2n) is 5.31. The van der Waals surface area contributed by atoms with Gasteiger partial charge in [-0.1, -0.05) is 35.3 Å². The molecule has 0 heterocycles. The van der Waals surface area contributed by atoms with E-state index in [9.17, 15) is 0 Å². The smallest absolute Gasteiger partial charge is 0.161 e. The van der Waals surface area contributed by atoms with E-state index < -0.39 is 0 Å². The Morgan fingerprint density at radius 2 is 1.67 bits per heavy atom. The summed E-state index contributed by atoms with van der Waals surface area (Å²) in [5.41, 5.74) is 2.25. The minimum absolute atomic E-state index is 0.617. The van der Waals surface area contributed by atoms with Crippen molar-refractivity contribution in [3.63, 3.8) is 0 Å². The molecular formula is C19H23Cl2NO2. The predicted molar refractivity (Wildman–Crippen MR) is 101 cm³/mol. The predicted octanol–water partition coefficient (Wildman–Crippen LogP) is 5.12. The zero-order chi connectivity index (χ0) is 17.4. The Hall–Kier alpha value is -1.42. The van der Waals surface area contributed by atoms with Gasteiger partial charge in [0.05, 0.1) is 13.2 Å². The fourth-order valence-electron chi connectivity index (χ4n) is 2.39. The van der Waals surface area contributed by atoms with Gasteiger partial charge in [0.2, 0.25) is 0 Å². The van der Waals surface area contributed by atoms with Crippen molar-refractivity contribution in [1.29, 1.82) is 0 Å². The first kappa shape index (κ1) is 18.9. The van der Waals surface area contributed by atoms with E-state index in [4.69, 9.17) is 32.7 Å². The molecule has 0 aliphatic heterocycles. The molecule has 130 valence electrons. The van der Waals surface area contributed by atoms with Gasteiger partial charge in [0.15, 0.2) is 11.5 Å². The summed E-state index contributed by atoms with van der Waals surface area (Å²) in [5.74, 6) is 1.58. The van der Waals surface area contributed by atoms with Gasteiger partial charge in [-0.05, 0) is 62.2 Å². The molecule has 2 aromatic carbocycles. The van der Waals surface area contributed by atoms with E-state index in [0.29, 0.717) is 23.3 Å². The minimum atomic E-state index is 0.617. The van der Waals surface area contributed by atoms with Crippen molar-refractivity contribution in [2.45, 2.75) is 26.8 Å². The highest BCUT2D eigenvalue weighted by atomic mass is 35.5. The van der Waals surface area contributed by atoms with Crippen molar-refractivity contribution < 1.29 is 9.47 Å². The molecule has 24 heavy (non-hydrogen) atoms. The average Bonchev–Trinajstić information content (AvgIpc) is 2.56. The lowest BCUT2D eigenvalue weighted by Gasteiger charge is -2.13. The molecule has 0 amide bonds. The van der Waals surface area contributed by atoms with Gasteiger partial charge < -0.3 is 14.8 Å². The molecule has 2 rings (SSSR count). The van der Waals surface area contributed by atoms with E-state index in [1.165, 1.54) is 0 Å². The summed E-state index contributed by atoms with van der Waals surface area (Å²) in [7, 11) is 0. The first-order chi connectivity index (χ1) is 11.6. The highest BCUT2D eigenvalue weighted by Crippen LogP contribution is 2.28. The summed E-state index contributed by atoms with van der Waals surface area (Å²) in [5, 5.41) is 4.80. The molecule has 0 fully saturated rings. The number of rotatable bonds is 9. The molecule has 0 aromatic heterocycles. The standard InChI is InChI=1S/C19H23Cl2NO2/c1-3-23-18-8-5-14(11-19(18)24-4-2)13-22-10-9-15-6-7-16(20)12-17(15)21/h5-8,11-12,22H,3-4,9-10,13H2,1-2H3. The molecule has 0 spiro atoms. The molecule has 0 bridgehead atoms. The van der Waals surface area contributed by atoms with Crippen LogP contribution in [0.4, 0.5) is 0 Å². The Morgan fingerprint density at radius 1 is 0.917 bits per heavy atom. The monoisotopic (exact) mass is 367 g/mol. The molecule has 0 atom stereocenters. The maximum Gasteiger partial charge on any atom is 0.161 e. The van der Waals surface area contributed by atoms with E-state index in [1.54, 1.807) is 6.07 Å². The summed E-state index contributed by atoms with van der Waals surface area (Å²) >= 11 is 12.1. The molecule has 0 unspecified atom stereocenters. The van der Waals surface area contributed by atoms with Crippen LogP contribution in [0.25, 0.3) is 0 Å². The average molecular weight is 368 g/mol. The molecule has 0 saturated carbocycles. The third-order valence-corrected chi connectivity index (χ3v) is 4.11. The first-order valence-electron chi connectivity index (χ1n) is 8.17. The second-order valence-corrected chi connectivity index (χ2v) is 6.15. The van der Waals surface area contributed by atoms with E-state index >= 15 is 0 Å². The quantitative estimate of drug-likeness (QED) is 0.623. The molecule has 0 saturated heterocycles. The number of hydrogen-bond acceptors (Lipinski definition) is 3. The van der Waals surface area contributed by atoms with Gasteiger partial charge >= 0.3 is 0 Å². The van der Waals surface area contributed by atoms with Crippen molar-refractivity contribution in [2.24, 2.45) is 0 Å². The van der Waals surface area contributed by atoms with E-state index in [-0.39, 0.29) is 0 Å². The molecule has 3 nitrogen and oxygen atoms in total. The summed E-state index contributed by atoms with van der Waals surface area (Å²) < 4.78 is 11.2. The normalized spacial score (nSPS) is 10.7. The number of nitrogens with one attached hydrogen (secondary N) is 1. The Balaban J connectivity index is 1.88. The van der Waals surface area contributed by atoms with Crippen LogP contribution in [0, 0.1) is 0 Å². The summed E-state index contributed by atoms with van der Waals surface area (Å²) in [6.45, 7) is 6.77. The van der Waals surface area contributed by atoms with Gasteiger partial charge in [-0.25, -0.2) is 0 Å². The van der Waals surface area contributed by atoms with Crippen LogP contribution < -0.4 is 14.8 Å². The number of halogens is 2. The number of benzene rings is 2. The highest BCUT2D eigenvalue weighted by molar-refractivity contribution is 6.35. The molecule has 0 aliphatic carbocycles. The fraction of sp³-hybridized carbons (Fsp3) is 0.368. The Morgan fingerprint density at radius 3 is 2.38 bits per heavy atom. The Kier molecular flexibility index (Phi) is 7.70. The zero-order valence-corrected chi connectivity index (χ0v) is 15.6. The molecule has 2 aromatic rings. The van der Waals surface area contributed by atoms with Gasteiger partial charge in [0.25, 0.3) is 0 Å². The lowest BCUT2D eigenvalue weighted by molar-refractivity contribution is 0.287. The molecule has 5 heteroatoms. The van der Waals surface area contributed by atoms with E-state index in [1.807, 2.05) is 38.1 Å². The maximum absolute atomic E-state index is 6.19. The zero-order valence-electron chi connectivity index (χ0n) is 14.1. The SMILES string of the molecule is CCOc1ccc(CNCCc2ccc(Cl)cc2Cl)cc1OCC. The third kappa shape index (κ3) is 5.59. The second kappa shape index (κ2) is 9.77. The van der Waals surface area contributed by atoms with E-state index in [0.717, 1.165) is 42.1 Å². The van der Waals surface area contributed by atoms with Crippen LogP contribution in [0.5, 0.6) is 11.5 Å². The maximum atomic E-state index is 6.19. The summed E-state index contributed by atoms with van der Waals surface area (Å²) in [6.07, 6.45) is 0.853. The van der Waals surface area contributed by atoms with Crippen molar-refractivity contribution in [2.75, 3.05) is 19.8 Å². The molecule has 0 radical (unpaired) electrons. The van der Waals surface area contributed by atoms with Gasteiger partial charge in [0, 0.05) is 16.6 Å². The van der Waals surface area contributed by atoms with Gasteiger partial charge in [-0.3, -0.25) is 0 Å². The highest BCUT2D eigenvalue weighted by Gasteiger charge is 2.06. The van der Waals surface area contributed by atoms with Crippen molar-refractivity contribution in [1.82, 2.24) is 5.32 Å². The largest absolute Gasteiger partial charge is 0.490 e. The lowest BCUT2D eigenvalue weighted by atomic mass is 10.1. The van der Waals surface area contributed by atoms with Gasteiger partial charge in [0.1, 0.15) is 0 Å². The fourth-order valence-corrected chi connectivity index (χ4v) is 2.89. The molecular weight excluding hydrogens is 345 g/mol. The Bertz CT molecular complexity index is 662. The first-order valence-corrected chi connectivity index (χ1v) is 8.92. The summed E-state index contributed by atoms with van der Waals surface area (Å²) in [4.78, 5) is 0. The topological polar surface area (TPSA) is 30.5 Å². The molecule has 0 aliphatic rings. The van der Waals surface area contributed by atoms with Crippen molar-refractivity contribution in [3.8, 4) is 11.5 Å². The van der Waals surface area contributed by atoms with Crippen LogP contribution >= 0.6 is 23.2 Å². The van der Waals surface area contributed by atoms with Crippen LogP contribution in [0.1, 0.15) is 25.0 Å². The summed E-state index contributed by atoms with van der Waals surface area (Å²) in [6, 6.07) is 11.6. The Labute approximate surface area is 153 Å². The van der Waals surface area contributed by atoms with Crippen LogP contribution in [0.15, 0.2) is 36.4 Å². The van der Waals surface area contributed by atoms with Crippen molar-refractivity contribution >= 4 is 23.2 Å². The van der Waals surface area contributed by atoms with Crippen molar-refractivity contribution in [3.05, 3.63) is 57.6 Å². The van der Waals surface area contributed by atoms with Crippen LogP contribution in [0.3, 0.4) is 0 Å². The number of hydrogen-bond donors (Lipinski definition) is 1. The third-order valence-electron chi connectivity index (χ3n) is 3.52. The lowest BCUT2D eigenvalue weighted by Crippen LogP contribution is -2.17. The van der Waals surface area contributed by atoms with Crippen LogP contribution in [0.2, 0.25) is 10.0 Å². The van der Waals surface area contributed by atoms with Crippen LogP contribution in [-0.4, -0.2) is 19.8 Å². The van der Waals surface area contributed by atoms with Gasteiger partial charge in [-0.2, -0.15) is 0 Å². The molecule has 1 N–H and O–H groups in total. The van der Waals surface area contributed by atoms with Gasteiger partial charge in [-0.15, -0.1) is 0 Å². The van der Waals surface area contributed by atoms with Crippen LogP contribution in [-0.2, 0) is 13.0 Å². The van der Waals surface area contributed by atoms with E-state index in [2.05, 4.69) is 11.4 Å². The number of ether oxygens (including phenoxy) is 2.